The van der Waals surface area contributed by atoms with Crippen LogP contribution >= 0.6 is 0 Å². The maximum atomic E-state index is 5.57. The molecule has 1 fully saturated rings. The number of nitrogens with zero attached hydrogens (tertiary/aromatic N) is 1. The summed E-state index contributed by atoms with van der Waals surface area (Å²) in [4.78, 5) is 2.59. The topological polar surface area (TPSA) is 29.3 Å². The van der Waals surface area contributed by atoms with Gasteiger partial charge in [0.2, 0.25) is 0 Å². The highest BCUT2D eigenvalue weighted by Crippen LogP contribution is 2.23. The van der Waals surface area contributed by atoms with Gasteiger partial charge >= 0.3 is 0 Å². The molecule has 1 aromatic rings. The van der Waals surface area contributed by atoms with Gasteiger partial charge in [0.15, 0.2) is 0 Å². The van der Waals surface area contributed by atoms with Gasteiger partial charge in [-0.3, -0.25) is 4.90 Å². The summed E-state index contributed by atoms with van der Waals surface area (Å²) in [5, 5.41) is 0. The molecule has 0 aliphatic carbocycles. The molecule has 0 amide bonds. The minimum absolute atomic E-state index is 0.737. The molecule has 1 heterocycles. The van der Waals surface area contributed by atoms with E-state index >= 15 is 0 Å². The van der Waals surface area contributed by atoms with Crippen molar-refractivity contribution in [3.63, 3.8) is 0 Å². The van der Waals surface area contributed by atoms with Gasteiger partial charge in [-0.1, -0.05) is 38.1 Å². The third-order valence-corrected chi connectivity index (χ3v) is 4.28. The second kappa shape index (κ2) is 6.35. The molecular weight excluding hydrogens is 220 g/mol. The lowest BCUT2D eigenvalue weighted by Gasteiger charge is -2.35. The van der Waals surface area contributed by atoms with E-state index in [0.717, 1.165) is 31.3 Å². The first-order chi connectivity index (χ1) is 8.69. The van der Waals surface area contributed by atoms with Crippen molar-refractivity contribution in [1.82, 2.24) is 4.90 Å². The van der Waals surface area contributed by atoms with Crippen LogP contribution in [0.2, 0.25) is 0 Å². The fraction of sp³-hybridized carbons (Fsp3) is 0.625. The summed E-state index contributed by atoms with van der Waals surface area (Å²) < 4.78 is 0. The molecule has 2 N–H and O–H groups in total. The Morgan fingerprint density at radius 3 is 2.39 bits per heavy atom. The van der Waals surface area contributed by atoms with Gasteiger partial charge in [0.05, 0.1) is 0 Å². The van der Waals surface area contributed by atoms with Crippen LogP contribution in [-0.4, -0.2) is 24.5 Å². The Balaban J connectivity index is 1.89. The minimum Gasteiger partial charge on any atom is -0.330 e. The van der Waals surface area contributed by atoms with Crippen LogP contribution in [0.3, 0.4) is 0 Å². The lowest BCUT2D eigenvalue weighted by Crippen LogP contribution is -2.37. The third-order valence-electron chi connectivity index (χ3n) is 4.28. The maximum absolute atomic E-state index is 5.57. The summed E-state index contributed by atoms with van der Waals surface area (Å²) in [6, 6.07) is 8.96. The number of benzene rings is 1. The molecule has 0 bridgehead atoms. The maximum Gasteiger partial charge on any atom is 0.0233 e. The first kappa shape index (κ1) is 13.6. The van der Waals surface area contributed by atoms with E-state index in [9.17, 15) is 0 Å². The highest BCUT2D eigenvalue weighted by molar-refractivity contribution is 5.22. The summed E-state index contributed by atoms with van der Waals surface area (Å²) in [5.74, 6) is 1.71. The van der Waals surface area contributed by atoms with Crippen LogP contribution in [0.15, 0.2) is 24.3 Å². The Hall–Kier alpha value is -0.860. The molecule has 0 aromatic heterocycles. The molecule has 2 atom stereocenters. The average molecular weight is 246 g/mol. The number of piperidine rings is 1. The summed E-state index contributed by atoms with van der Waals surface area (Å²) in [7, 11) is 0. The van der Waals surface area contributed by atoms with Crippen LogP contribution in [0.1, 0.15) is 31.4 Å². The van der Waals surface area contributed by atoms with Gasteiger partial charge in [0, 0.05) is 13.1 Å². The second-order valence-corrected chi connectivity index (χ2v) is 5.83. The van der Waals surface area contributed by atoms with Crippen molar-refractivity contribution in [3.8, 4) is 0 Å². The van der Waals surface area contributed by atoms with Crippen LogP contribution in [0.25, 0.3) is 0 Å². The molecule has 100 valence electrons. The van der Waals surface area contributed by atoms with Gasteiger partial charge in [-0.25, -0.2) is 0 Å². The van der Waals surface area contributed by atoms with Gasteiger partial charge in [0.1, 0.15) is 0 Å². The van der Waals surface area contributed by atoms with Gasteiger partial charge in [0.25, 0.3) is 0 Å². The Labute approximate surface area is 111 Å². The SMILES string of the molecule is CC1CCN(Cc2ccc(CCN)cc2)CC1C. The number of nitrogens with two attached hydrogens (primary N) is 1. The van der Waals surface area contributed by atoms with E-state index in [1.54, 1.807) is 0 Å². The summed E-state index contributed by atoms with van der Waals surface area (Å²) >= 11 is 0. The Bertz CT molecular complexity index is 358. The molecule has 0 spiro atoms. The number of rotatable bonds is 4. The van der Waals surface area contributed by atoms with E-state index in [0.29, 0.717) is 0 Å². The first-order valence-corrected chi connectivity index (χ1v) is 7.19. The van der Waals surface area contributed by atoms with Crippen molar-refractivity contribution in [3.05, 3.63) is 35.4 Å². The van der Waals surface area contributed by atoms with E-state index in [1.165, 1.54) is 30.6 Å². The van der Waals surface area contributed by atoms with E-state index in [-0.39, 0.29) is 0 Å². The van der Waals surface area contributed by atoms with Crippen LogP contribution in [-0.2, 0) is 13.0 Å². The molecule has 1 aliphatic rings. The smallest absolute Gasteiger partial charge is 0.0233 e. The summed E-state index contributed by atoms with van der Waals surface area (Å²) in [6.45, 7) is 9.08. The Morgan fingerprint density at radius 2 is 1.78 bits per heavy atom. The van der Waals surface area contributed by atoms with E-state index in [2.05, 4.69) is 43.0 Å². The third kappa shape index (κ3) is 3.56. The normalized spacial score (nSPS) is 25.3. The predicted molar refractivity (Wildman–Crippen MR) is 77.4 cm³/mol. The summed E-state index contributed by atoms with van der Waals surface area (Å²) in [5.41, 5.74) is 8.35. The van der Waals surface area contributed by atoms with Crippen molar-refractivity contribution >= 4 is 0 Å². The molecule has 2 unspecified atom stereocenters. The number of hydrogen-bond acceptors (Lipinski definition) is 2. The highest BCUT2D eigenvalue weighted by Gasteiger charge is 2.22. The van der Waals surface area contributed by atoms with E-state index in [1.807, 2.05) is 0 Å². The molecule has 18 heavy (non-hydrogen) atoms. The Morgan fingerprint density at radius 1 is 1.11 bits per heavy atom. The fourth-order valence-corrected chi connectivity index (χ4v) is 2.73. The van der Waals surface area contributed by atoms with E-state index in [4.69, 9.17) is 5.73 Å². The van der Waals surface area contributed by atoms with Gasteiger partial charge in [-0.2, -0.15) is 0 Å². The zero-order valence-electron chi connectivity index (χ0n) is 11.7. The second-order valence-electron chi connectivity index (χ2n) is 5.83. The lowest BCUT2D eigenvalue weighted by atomic mass is 9.88. The van der Waals surface area contributed by atoms with E-state index < -0.39 is 0 Å². The van der Waals surface area contributed by atoms with Crippen molar-refractivity contribution < 1.29 is 0 Å². The van der Waals surface area contributed by atoms with Crippen molar-refractivity contribution in [2.24, 2.45) is 17.6 Å². The zero-order valence-corrected chi connectivity index (χ0v) is 11.7. The van der Waals surface area contributed by atoms with Crippen LogP contribution < -0.4 is 5.73 Å². The molecule has 2 rings (SSSR count). The monoisotopic (exact) mass is 246 g/mol. The van der Waals surface area contributed by atoms with Crippen molar-refractivity contribution in [1.29, 1.82) is 0 Å². The van der Waals surface area contributed by atoms with Crippen LogP contribution in [0.4, 0.5) is 0 Å². The number of likely N-dealkylation sites (tertiary alicyclic amines) is 1. The molecule has 1 saturated heterocycles. The average Bonchev–Trinajstić information content (AvgIpc) is 2.37. The molecule has 2 heteroatoms. The van der Waals surface area contributed by atoms with Crippen LogP contribution in [0, 0.1) is 11.8 Å². The number of hydrogen-bond donors (Lipinski definition) is 1. The molecular formula is C16H26N2. The quantitative estimate of drug-likeness (QED) is 0.885. The minimum atomic E-state index is 0.737. The lowest BCUT2D eigenvalue weighted by molar-refractivity contribution is 0.132. The van der Waals surface area contributed by atoms with Gasteiger partial charge in [-0.05, 0) is 48.9 Å². The van der Waals surface area contributed by atoms with Gasteiger partial charge < -0.3 is 5.73 Å². The zero-order chi connectivity index (χ0) is 13.0. The highest BCUT2D eigenvalue weighted by atomic mass is 15.1. The standard InChI is InChI=1S/C16H26N2/c1-13-8-10-18(11-14(13)2)12-16-5-3-15(4-6-16)7-9-17/h3-6,13-14H,7-12,17H2,1-2H3. The molecule has 0 saturated carbocycles. The van der Waals surface area contributed by atoms with Crippen molar-refractivity contribution in [2.75, 3.05) is 19.6 Å². The summed E-state index contributed by atoms with van der Waals surface area (Å²) in [6.07, 6.45) is 2.32. The fourth-order valence-electron chi connectivity index (χ4n) is 2.73. The predicted octanol–water partition coefficient (Wildman–Crippen LogP) is 2.67. The Kier molecular flexibility index (Phi) is 4.79. The molecule has 2 nitrogen and oxygen atoms in total. The largest absolute Gasteiger partial charge is 0.330 e. The molecule has 1 aromatic carbocycles. The van der Waals surface area contributed by atoms with Gasteiger partial charge in [-0.15, -0.1) is 0 Å². The first-order valence-electron chi connectivity index (χ1n) is 7.19. The molecule has 0 radical (unpaired) electrons. The van der Waals surface area contributed by atoms with Crippen molar-refractivity contribution in [2.45, 2.75) is 33.2 Å². The van der Waals surface area contributed by atoms with Crippen LogP contribution in [0.5, 0.6) is 0 Å². The molecule has 1 aliphatic heterocycles.